The van der Waals surface area contributed by atoms with Crippen LogP contribution in [0.1, 0.15) is 0 Å². The molecule has 2 amide bonds. The smallest absolute Gasteiger partial charge is 0.377 e. The number of benzene rings is 1. The fraction of sp³-hybridized carbons (Fsp3) is 0.0833. The van der Waals surface area contributed by atoms with E-state index in [1.807, 2.05) is 0 Å². The van der Waals surface area contributed by atoms with Crippen LogP contribution in [0.3, 0.4) is 0 Å². The summed E-state index contributed by atoms with van der Waals surface area (Å²) in [5.41, 5.74) is 12.8. The molecule has 1 heterocycles. The first kappa shape index (κ1) is 13.4. The normalized spacial score (nSPS) is 9.65. The Morgan fingerprint density at radius 3 is 2.45 bits per heavy atom. The van der Waals surface area contributed by atoms with Gasteiger partial charge in [0.05, 0.1) is 25.2 Å². The lowest BCUT2D eigenvalue weighted by molar-refractivity contribution is 0.249. The molecule has 102 valence electrons. The third-order valence-electron chi connectivity index (χ3n) is 2.42. The number of hydrogen-bond donors (Lipinski definition) is 3. The number of hydrogen-bond acceptors (Lipinski definition) is 6. The molecule has 0 unspecified atom stereocenters. The van der Waals surface area contributed by atoms with Gasteiger partial charge in [-0.25, -0.2) is 20.2 Å². The summed E-state index contributed by atoms with van der Waals surface area (Å²) in [7, 11) is 1.55. The SMILES string of the molecule is COc1cnc(-c2ccc(NNC(=O)N=N)cc2)nc1. The van der Waals surface area contributed by atoms with Crippen LogP contribution in [0, 0.1) is 5.53 Å². The standard InChI is InChI=1S/C12H12N6O2/c1-20-10-6-14-11(15-7-10)8-2-4-9(5-3-8)17-18-12(19)16-13/h2-7,13,17H,1H3,(H,18,19). The highest BCUT2D eigenvalue weighted by Gasteiger charge is 2.02. The van der Waals surface area contributed by atoms with Crippen molar-refractivity contribution in [3.63, 3.8) is 0 Å². The van der Waals surface area contributed by atoms with E-state index in [-0.39, 0.29) is 0 Å². The molecule has 1 aromatic heterocycles. The van der Waals surface area contributed by atoms with Crippen LogP contribution < -0.4 is 15.6 Å². The van der Waals surface area contributed by atoms with Crippen LogP contribution in [-0.2, 0) is 0 Å². The number of rotatable bonds is 4. The molecule has 8 heteroatoms. The van der Waals surface area contributed by atoms with Gasteiger partial charge in [0, 0.05) is 5.56 Å². The zero-order chi connectivity index (χ0) is 14.4. The molecule has 0 aliphatic rings. The topological polar surface area (TPSA) is 112 Å². The fourth-order valence-electron chi connectivity index (χ4n) is 1.43. The molecule has 0 saturated carbocycles. The summed E-state index contributed by atoms with van der Waals surface area (Å²) in [5.74, 6) is 1.16. The van der Waals surface area contributed by atoms with Crippen LogP contribution in [0.5, 0.6) is 5.75 Å². The Kier molecular flexibility index (Phi) is 4.17. The molecule has 2 aromatic rings. The van der Waals surface area contributed by atoms with E-state index in [4.69, 9.17) is 10.3 Å². The van der Waals surface area contributed by atoms with E-state index in [9.17, 15) is 4.79 Å². The Labute approximate surface area is 114 Å². The summed E-state index contributed by atoms with van der Waals surface area (Å²) in [4.78, 5) is 19.1. The molecule has 0 saturated heterocycles. The van der Waals surface area contributed by atoms with Gasteiger partial charge in [-0.2, -0.15) is 5.53 Å². The molecule has 0 spiro atoms. The van der Waals surface area contributed by atoms with Crippen molar-refractivity contribution in [2.45, 2.75) is 0 Å². The average Bonchev–Trinajstić information content (AvgIpc) is 2.53. The van der Waals surface area contributed by atoms with Crippen molar-refractivity contribution in [1.29, 1.82) is 5.53 Å². The first-order chi connectivity index (χ1) is 9.72. The molecule has 2 rings (SSSR count). The first-order valence-electron chi connectivity index (χ1n) is 5.63. The van der Waals surface area contributed by atoms with E-state index >= 15 is 0 Å². The van der Waals surface area contributed by atoms with Crippen molar-refractivity contribution in [2.75, 3.05) is 12.5 Å². The van der Waals surface area contributed by atoms with Gasteiger partial charge in [-0.1, -0.05) is 5.11 Å². The third kappa shape index (κ3) is 3.25. The second-order valence-electron chi connectivity index (χ2n) is 3.69. The van der Waals surface area contributed by atoms with Gasteiger partial charge < -0.3 is 4.74 Å². The number of carbonyl (C=O) groups is 1. The highest BCUT2D eigenvalue weighted by atomic mass is 16.5. The van der Waals surface area contributed by atoms with Gasteiger partial charge in [0.1, 0.15) is 0 Å². The average molecular weight is 272 g/mol. The maximum Gasteiger partial charge on any atom is 0.377 e. The van der Waals surface area contributed by atoms with Crippen molar-refractivity contribution < 1.29 is 9.53 Å². The van der Waals surface area contributed by atoms with E-state index in [0.29, 0.717) is 17.3 Å². The molecule has 0 bridgehead atoms. The number of carbonyl (C=O) groups excluding carboxylic acids is 1. The number of aromatic nitrogens is 2. The summed E-state index contributed by atoms with van der Waals surface area (Å²) < 4.78 is 4.99. The summed E-state index contributed by atoms with van der Waals surface area (Å²) in [6.45, 7) is 0. The number of nitrogens with zero attached hydrogens (tertiary/aromatic N) is 3. The lowest BCUT2D eigenvalue weighted by atomic mass is 10.2. The summed E-state index contributed by atoms with van der Waals surface area (Å²) in [6, 6.07) is 6.32. The molecule has 3 N–H and O–H groups in total. The van der Waals surface area contributed by atoms with Gasteiger partial charge in [0.2, 0.25) is 0 Å². The largest absolute Gasteiger partial charge is 0.494 e. The van der Waals surface area contributed by atoms with Gasteiger partial charge in [-0.15, -0.1) is 0 Å². The van der Waals surface area contributed by atoms with Gasteiger partial charge in [-0.05, 0) is 24.3 Å². The number of ether oxygens (including phenoxy) is 1. The minimum Gasteiger partial charge on any atom is -0.494 e. The van der Waals surface area contributed by atoms with Crippen LogP contribution in [0.25, 0.3) is 11.4 Å². The Hall–Kier alpha value is -3.03. The van der Waals surface area contributed by atoms with Crippen LogP contribution in [-0.4, -0.2) is 23.1 Å². The monoisotopic (exact) mass is 272 g/mol. The predicted octanol–water partition coefficient (Wildman–Crippen LogP) is 2.22. The first-order valence-corrected chi connectivity index (χ1v) is 5.63. The quantitative estimate of drug-likeness (QED) is 0.583. The maximum atomic E-state index is 10.8. The van der Waals surface area contributed by atoms with E-state index in [1.54, 1.807) is 43.8 Å². The highest BCUT2D eigenvalue weighted by Crippen LogP contribution is 2.18. The van der Waals surface area contributed by atoms with Gasteiger partial charge in [0.25, 0.3) is 0 Å². The highest BCUT2D eigenvalue weighted by molar-refractivity contribution is 5.75. The second-order valence-corrected chi connectivity index (χ2v) is 3.69. The number of hydrazine groups is 1. The molecular formula is C12H12N6O2. The van der Waals surface area contributed by atoms with Crippen LogP contribution in [0.15, 0.2) is 41.8 Å². The number of anilines is 1. The van der Waals surface area contributed by atoms with Gasteiger partial charge in [-0.3, -0.25) is 5.43 Å². The molecule has 0 aliphatic carbocycles. The zero-order valence-electron chi connectivity index (χ0n) is 10.6. The molecule has 0 atom stereocenters. The lowest BCUT2D eigenvalue weighted by Crippen LogP contribution is -2.25. The molecular weight excluding hydrogens is 260 g/mol. The van der Waals surface area contributed by atoms with E-state index < -0.39 is 6.03 Å². The number of methoxy groups -OCH3 is 1. The minimum atomic E-state index is -0.771. The number of nitrogens with one attached hydrogen (secondary N) is 3. The Balaban J connectivity index is 2.06. The van der Waals surface area contributed by atoms with E-state index in [0.717, 1.165) is 5.56 Å². The van der Waals surface area contributed by atoms with E-state index in [1.165, 1.54) is 0 Å². The Morgan fingerprint density at radius 1 is 1.25 bits per heavy atom. The molecule has 20 heavy (non-hydrogen) atoms. The Bertz CT molecular complexity index is 596. The minimum absolute atomic E-state index is 0.572. The summed E-state index contributed by atoms with van der Waals surface area (Å²) in [6.07, 6.45) is 3.18. The second kappa shape index (κ2) is 6.23. The zero-order valence-corrected chi connectivity index (χ0v) is 10.6. The predicted molar refractivity (Wildman–Crippen MR) is 71.3 cm³/mol. The molecule has 8 nitrogen and oxygen atoms in total. The summed E-state index contributed by atoms with van der Waals surface area (Å²) >= 11 is 0. The van der Waals surface area contributed by atoms with E-state index in [2.05, 4.69) is 25.9 Å². The third-order valence-corrected chi connectivity index (χ3v) is 2.42. The Morgan fingerprint density at radius 2 is 1.90 bits per heavy atom. The van der Waals surface area contributed by atoms with Crippen molar-refractivity contribution in [3.05, 3.63) is 36.7 Å². The van der Waals surface area contributed by atoms with Crippen LogP contribution >= 0.6 is 0 Å². The van der Waals surface area contributed by atoms with Crippen molar-refractivity contribution in [3.8, 4) is 17.1 Å². The van der Waals surface area contributed by atoms with Gasteiger partial charge >= 0.3 is 6.03 Å². The maximum absolute atomic E-state index is 10.8. The summed E-state index contributed by atoms with van der Waals surface area (Å²) in [5, 5.41) is 2.69. The molecule has 1 aromatic carbocycles. The fourth-order valence-corrected chi connectivity index (χ4v) is 1.43. The van der Waals surface area contributed by atoms with Crippen molar-refractivity contribution in [1.82, 2.24) is 15.4 Å². The molecule has 0 fully saturated rings. The van der Waals surface area contributed by atoms with Crippen molar-refractivity contribution in [2.24, 2.45) is 5.11 Å². The number of urea groups is 1. The van der Waals surface area contributed by atoms with Crippen LogP contribution in [0.4, 0.5) is 10.5 Å². The van der Waals surface area contributed by atoms with Crippen LogP contribution in [0.2, 0.25) is 0 Å². The van der Waals surface area contributed by atoms with Gasteiger partial charge in [0.15, 0.2) is 11.6 Å². The van der Waals surface area contributed by atoms with Crippen molar-refractivity contribution >= 4 is 11.7 Å². The number of amides is 2. The molecule has 0 radical (unpaired) electrons. The molecule has 0 aliphatic heterocycles. The lowest BCUT2D eigenvalue weighted by Gasteiger charge is -2.06.